The summed E-state index contributed by atoms with van der Waals surface area (Å²) in [5, 5.41) is 4.08. The number of nitrogens with zero attached hydrogens (tertiary/aromatic N) is 1. The number of aryl methyl sites for hydroxylation is 2. The molecule has 1 aromatic heterocycles. The van der Waals surface area contributed by atoms with Gasteiger partial charge >= 0.3 is 0 Å². The summed E-state index contributed by atoms with van der Waals surface area (Å²) in [5.41, 5.74) is 1.92. The van der Waals surface area contributed by atoms with Gasteiger partial charge < -0.3 is 5.32 Å². The molecule has 2 heterocycles. The zero-order valence-corrected chi connectivity index (χ0v) is 13.0. The average molecular weight is 308 g/mol. The SMILES string of the molecule is CCc1nc(NC2CS(=O)(=O)c3ccccc32)sc1C. The first-order valence-electron chi connectivity index (χ1n) is 6.56. The number of benzene rings is 1. The quantitative estimate of drug-likeness (QED) is 0.947. The normalized spacial score (nSPS) is 19.8. The summed E-state index contributed by atoms with van der Waals surface area (Å²) in [5.74, 6) is 0.104. The van der Waals surface area contributed by atoms with Crippen molar-refractivity contribution in [1.29, 1.82) is 0 Å². The predicted molar refractivity (Wildman–Crippen MR) is 81.1 cm³/mol. The van der Waals surface area contributed by atoms with Gasteiger partial charge in [-0.2, -0.15) is 0 Å². The summed E-state index contributed by atoms with van der Waals surface area (Å²) in [6, 6.07) is 6.99. The van der Waals surface area contributed by atoms with E-state index in [1.807, 2.05) is 19.1 Å². The van der Waals surface area contributed by atoms with E-state index >= 15 is 0 Å². The lowest BCUT2D eigenvalue weighted by Crippen LogP contribution is -2.12. The van der Waals surface area contributed by atoms with E-state index in [2.05, 4.69) is 17.2 Å². The molecule has 1 aliphatic rings. The molecule has 0 amide bonds. The highest BCUT2D eigenvalue weighted by Crippen LogP contribution is 2.36. The number of anilines is 1. The summed E-state index contributed by atoms with van der Waals surface area (Å²) < 4.78 is 24.2. The van der Waals surface area contributed by atoms with Gasteiger partial charge in [0.2, 0.25) is 0 Å². The fraction of sp³-hybridized carbons (Fsp3) is 0.357. The Morgan fingerprint density at radius 1 is 1.40 bits per heavy atom. The number of hydrogen-bond donors (Lipinski definition) is 1. The van der Waals surface area contributed by atoms with Crippen LogP contribution in [0.15, 0.2) is 29.2 Å². The first kappa shape index (κ1) is 13.6. The number of rotatable bonds is 3. The maximum Gasteiger partial charge on any atom is 0.183 e. The largest absolute Gasteiger partial charge is 0.354 e. The highest BCUT2D eigenvalue weighted by atomic mass is 32.2. The summed E-state index contributed by atoms with van der Waals surface area (Å²) >= 11 is 1.58. The van der Waals surface area contributed by atoms with Gasteiger partial charge in [-0.15, -0.1) is 11.3 Å². The predicted octanol–water partition coefficient (Wildman–Crippen LogP) is 2.95. The van der Waals surface area contributed by atoms with Crippen LogP contribution in [0.2, 0.25) is 0 Å². The molecule has 1 aromatic carbocycles. The van der Waals surface area contributed by atoms with Crippen molar-refractivity contribution in [2.24, 2.45) is 0 Å². The molecule has 0 spiro atoms. The van der Waals surface area contributed by atoms with E-state index in [0.29, 0.717) is 4.90 Å². The van der Waals surface area contributed by atoms with Crippen LogP contribution in [-0.2, 0) is 16.3 Å². The molecule has 4 nitrogen and oxygen atoms in total. The molecule has 20 heavy (non-hydrogen) atoms. The van der Waals surface area contributed by atoms with Gasteiger partial charge in [0.1, 0.15) is 0 Å². The van der Waals surface area contributed by atoms with Crippen molar-refractivity contribution in [2.75, 3.05) is 11.1 Å². The Morgan fingerprint density at radius 3 is 2.85 bits per heavy atom. The Hall–Kier alpha value is -1.40. The van der Waals surface area contributed by atoms with Gasteiger partial charge in [-0.25, -0.2) is 13.4 Å². The van der Waals surface area contributed by atoms with Crippen LogP contribution in [0.1, 0.15) is 29.1 Å². The molecule has 1 aliphatic heterocycles. The Kier molecular flexibility index (Phi) is 3.30. The van der Waals surface area contributed by atoms with Crippen molar-refractivity contribution >= 4 is 26.3 Å². The molecule has 3 rings (SSSR count). The van der Waals surface area contributed by atoms with Gasteiger partial charge in [-0.1, -0.05) is 25.1 Å². The smallest absolute Gasteiger partial charge is 0.183 e. The molecule has 0 aliphatic carbocycles. The lowest BCUT2D eigenvalue weighted by atomic mass is 10.1. The van der Waals surface area contributed by atoms with E-state index in [9.17, 15) is 8.42 Å². The van der Waals surface area contributed by atoms with Gasteiger partial charge in [0.15, 0.2) is 15.0 Å². The Labute approximate surface area is 122 Å². The fourth-order valence-corrected chi connectivity index (χ4v) is 5.23. The lowest BCUT2D eigenvalue weighted by Gasteiger charge is -2.10. The zero-order chi connectivity index (χ0) is 14.3. The molecule has 0 bridgehead atoms. The standard InChI is InChI=1S/C14H16N2O2S2/c1-3-11-9(2)19-14(15-11)16-12-8-20(17,18)13-7-5-4-6-10(12)13/h4-7,12H,3,8H2,1-2H3,(H,15,16). The van der Waals surface area contributed by atoms with Crippen LogP contribution in [0, 0.1) is 6.92 Å². The molecule has 0 fully saturated rings. The lowest BCUT2D eigenvalue weighted by molar-refractivity contribution is 0.598. The van der Waals surface area contributed by atoms with Gasteiger partial charge in [0.25, 0.3) is 0 Å². The highest BCUT2D eigenvalue weighted by Gasteiger charge is 2.34. The second-order valence-electron chi connectivity index (χ2n) is 4.89. The van der Waals surface area contributed by atoms with Crippen LogP contribution in [-0.4, -0.2) is 19.2 Å². The van der Waals surface area contributed by atoms with Crippen molar-refractivity contribution < 1.29 is 8.42 Å². The Morgan fingerprint density at radius 2 is 2.15 bits per heavy atom. The van der Waals surface area contributed by atoms with Gasteiger partial charge in [0.05, 0.1) is 22.4 Å². The fourth-order valence-electron chi connectivity index (χ4n) is 2.54. The third-order valence-electron chi connectivity index (χ3n) is 3.54. The third kappa shape index (κ3) is 2.23. The second-order valence-corrected chi connectivity index (χ2v) is 8.10. The highest BCUT2D eigenvalue weighted by molar-refractivity contribution is 7.91. The molecular weight excluding hydrogens is 292 g/mol. The number of nitrogens with one attached hydrogen (secondary N) is 1. The number of sulfone groups is 1. The van der Waals surface area contributed by atoms with E-state index in [1.54, 1.807) is 23.5 Å². The maximum absolute atomic E-state index is 12.1. The van der Waals surface area contributed by atoms with Crippen molar-refractivity contribution in [3.8, 4) is 0 Å². The monoisotopic (exact) mass is 308 g/mol. The number of thiazole rings is 1. The zero-order valence-electron chi connectivity index (χ0n) is 11.4. The van der Waals surface area contributed by atoms with Crippen LogP contribution in [0.25, 0.3) is 0 Å². The van der Waals surface area contributed by atoms with E-state index in [1.165, 1.54) is 4.88 Å². The minimum Gasteiger partial charge on any atom is -0.354 e. The summed E-state index contributed by atoms with van der Waals surface area (Å²) in [6.45, 7) is 4.11. The minimum atomic E-state index is -3.17. The molecule has 2 aromatic rings. The molecular formula is C14H16N2O2S2. The van der Waals surface area contributed by atoms with E-state index in [-0.39, 0.29) is 11.8 Å². The van der Waals surface area contributed by atoms with Crippen LogP contribution in [0.4, 0.5) is 5.13 Å². The summed E-state index contributed by atoms with van der Waals surface area (Å²) in [7, 11) is -3.17. The topological polar surface area (TPSA) is 59.1 Å². The van der Waals surface area contributed by atoms with Crippen molar-refractivity contribution in [3.05, 3.63) is 40.4 Å². The molecule has 0 radical (unpaired) electrons. The number of hydrogen-bond acceptors (Lipinski definition) is 5. The molecule has 0 saturated heterocycles. The van der Waals surface area contributed by atoms with Gasteiger partial charge in [0, 0.05) is 4.88 Å². The van der Waals surface area contributed by atoms with Crippen LogP contribution < -0.4 is 5.32 Å². The summed E-state index contributed by atoms with van der Waals surface area (Å²) in [6.07, 6.45) is 0.892. The van der Waals surface area contributed by atoms with E-state index in [0.717, 1.165) is 22.8 Å². The molecule has 106 valence electrons. The van der Waals surface area contributed by atoms with Gasteiger partial charge in [-0.05, 0) is 25.0 Å². The summed E-state index contributed by atoms with van der Waals surface area (Å²) in [4.78, 5) is 6.16. The molecule has 1 atom stereocenters. The molecule has 0 saturated carbocycles. The van der Waals surface area contributed by atoms with E-state index in [4.69, 9.17) is 0 Å². The Balaban J connectivity index is 1.93. The number of fused-ring (bicyclic) bond motifs is 1. The molecule has 1 N–H and O–H groups in total. The first-order valence-corrected chi connectivity index (χ1v) is 9.02. The average Bonchev–Trinajstić information content (AvgIpc) is 2.89. The molecule has 6 heteroatoms. The van der Waals surface area contributed by atoms with Crippen LogP contribution in [0.3, 0.4) is 0 Å². The number of aromatic nitrogens is 1. The second kappa shape index (κ2) is 4.86. The minimum absolute atomic E-state index is 0.104. The van der Waals surface area contributed by atoms with Crippen molar-refractivity contribution in [2.45, 2.75) is 31.2 Å². The maximum atomic E-state index is 12.1. The van der Waals surface area contributed by atoms with Gasteiger partial charge in [-0.3, -0.25) is 0 Å². The first-order chi connectivity index (χ1) is 9.51. The van der Waals surface area contributed by atoms with Crippen LogP contribution in [0.5, 0.6) is 0 Å². The van der Waals surface area contributed by atoms with Crippen molar-refractivity contribution in [3.63, 3.8) is 0 Å². The van der Waals surface area contributed by atoms with Crippen LogP contribution >= 0.6 is 11.3 Å². The van der Waals surface area contributed by atoms with E-state index < -0.39 is 9.84 Å². The van der Waals surface area contributed by atoms with Crippen molar-refractivity contribution in [1.82, 2.24) is 4.98 Å². The molecule has 1 unspecified atom stereocenters. The third-order valence-corrected chi connectivity index (χ3v) is 6.30. The Bertz CT molecular complexity index is 750.